The molecule has 27 heavy (non-hydrogen) atoms. The zero-order valence-corrected chi connectivity index (χ0v) is 16.0. The first kappa shape index (κ1) is 18.2. The van der Waals surface area contributed by atoms with Crippen LogP contribution in [0.4, 0.5) is 0 Å². The molecule has 4 heteroatoms. The lowest BCUT2D eigenvalue weighted by atomic mass is 9.71. The van der Waals surface area contributed by atoms with E-state index in [2.05, 4.69) is 24.1 Å². The molecule has 2 saturated heterocycles. The standard InChI is InChI=1S/C23H28N2O2/c1-24-15-12-22(13-16-24,19-8-4-2-5-9-19)21(26)25-17-14-23(27,18-25)20-10-6-3-7-11-20/h2-11,27H,12-18H2,1H3/t23-/m0/s1. The van der Waals surface area contributed by atoms with E-state index in [1.165, 1.54) is 0 Å². The van der Waals surface area contributed by atoms with Crippen molar-refractivity contribution in [2.75, 3.05) is 33.2 Å². The van der Waals surface area contributed by atoms with E-state index in [0.29, 0.717) is 19.5 Å². The molecule has 2 aliphatic rings. The summed E-state index contributed by atoms with van der Waals surface area (Å²) in [6, 6.07) is 20.0. The second-order valence-electron chi connectivity index (χ2n) is 8.13. The summed E-state index contributed by atoms with van der Waals surface area (Å²) in [4.78, 5) is 17.9. The third kappa shape index (κ3) is 3.28. The molecule has 0 spiro atoms. The van der Waals surface area contributed by atoms with Crippen LogP contribution < -0.4 is 0 Å². The number of hydrogen-bond donors (Lipinski definition) is 1. The first-order valence-electron chi connectivity index (χ1n) is 9.85. The second-order valence-corrected chi connectivity index (χ2v) is 8.13. The molecule has 2 aromatic rings. The van der Waals surface area contributed by atoms with Gasteiger partial charge in [-0.25, -0.2) is 0 Å². The molecular weight excluding hydrogens is 336 g/mol. The number of β-amino-alcohol motifs (C(OH)–C–C–N with tert-alkyl or cyclic N) is 1. The Morgan fingerprint density at radius 1 is 0.852 bits per heavy atom. The van der Waals surface area contributed by atoms with Crippen LogP contribution in [0.3, 0.4) is 0 Å². The maximum atomic E-state index is 13.7. The molecule has 0 aliphatic carbocycles. The van der Waals surface area contributed by atoms with Gasteiger partial charge in [0.25, 0.3) is 0 Å². The van der Waals surface area contributed by atoms with Crippen molar-refractivity contribution in [2.24, 2.45) is 0 Å². The first-order chi connectivity index (χ1) is 13.0. The topological polar surface area (TPSA) is 43.8 Å². The van der Waals surface area contributed by atoms with E-state index in [0.717, 1.165) is 37.1 Å². The summed E-state index contributed by atoms with van der Waals surface area (Å²) < 4.78 is 0. The molecule has 0 saturated carbocycles. The van der Waals surface area contributed by atoms with E-state index in [-0.39, 0.29) is 5.91 Å². The van der Waals surface area contributed by atoms with Gasteiger partial charge in [0.05, 0.1) is 12.0 Å². The van der Waals surface area contributed by atoms with Crippen molar-refractivity contribution in [1.29, 1.82) is 0 Å². The molecule has 142 valence electrons. The number of aliphatic hydroxyl groups is 1. The van der Waals surface area contributed by atoms with E-state index in [4.69, 9.17) is 0 Å². The summed E-state index contributed by atoms with van der Waals surface area (Å²) in [5.74, 6) is 0.175. The highest BCUT2D eigenvalue weighted by Crippen LogP contribution is 2.40. The summed E-state index contributed by atoms with van der Waals surface area (Å²) in [5.41, 5.74) is 0.589. The smallest absolute Gasteiger partial charge is 0.233 e. The highest BCUT2D eigenvalue weighted by atomic mass is 16.3. The van der Waals surface area contributed by atoms with Gasteiger partial charge in [-0.1, -0.05) is 60.7 Å². The third-order valence-electron chi connectivity index (χ3n) is 6.42. The number of hydrogen-bond acceptors (Lipinski definition) is 3. The molecule has 0 radical (unpaired) electrons. The molecule has 4 rings (SSSR count). The minimum Gasteiger partial charge on any atom is -0.383 e. The van der Waals surface area contributed by atoms with Crippen LogP contribution in [-0.4, -0.2) is 54.0 Å². The maximum Gasteiger partial charge on any atom is 0.233 e. The predicted octanol–water partition coefficient (Wildman–Crippen LogP) is 2.77. The van der Waals surface area contributed by atoms with Crippen LogP contribution in [0.2, 0.25) is 0 Å². The van der Waals surface area contributed by atoms with Gasteiger partial charge >= 0.3 is 0 Å². The minimum atomic E-state index is -0.944. The van der Waals surface area contributed by atoms with Crippen LogP contribution in [0.1, 0.15) is 30.4 Å². The number of amides is 1. The normalized spacial score (nSPS) is 25.5. The number of carbonyl (C=O) groups is 1. The van der Waals surface area contributed by atoms with Gasteiger partial charge in [0, 0.05) is 6.54 Å². The Balaban J connectivity index is 1.62. The van der Waals surface area contributed by atoms with Gasteiger partial charge in [0.1, 0.15) is 5.60 Å². The van der Waals surface area contributed by atoms with Crippen LogP contribution in [0.15, 0.2) is 60.7 Å². The third-order valence-corrected chi connectivity index (χ3v) is 6.42. The monoisotopic (exact) mass is 364 g/mol. The average Bonchev–Trinajstić information content (AvgIpc) is 3.13. The van der Waals surface area contributed by atoms with Crippen molar-refractivity contribution < 1.29 is 9.90 Å². The number of nitrogens with zero attached hydrogens (tertiary/aromatic N) is 2. The Kier molecular flexibility index (Phi) is 4.79. The Morgan fingerprint density at radius 2 is 1.41 bits per heavy atom. The molecule has 2 aromatic carbocycles. The Hall–Kier alpha value is -2.17. The van der Waals surface area contributed by atoms with Crippen molar-refractivity contribution in [3.05, 3.63) is 71.8 Å². The van der Waals surface area contributed by atoms with Gasteiger partial charge in [0.15, 0.2) is 0 Å². The predicted molar refractivity (Wildman–Crippen MR) is 106 cm³/mol. The van der Waals surface area contributed by atoms with Crippen molar-refractivity contribution in [3.8, 4) is 0 Å². The number of likely N-dealkylation sites (tertiary alicyclic amines) is 2. The Bertz CT molecular complexity index is 785. The SMILES string of the molecule is CN1CCC(C(=O)N2CC[C@@](O)(c3ccccc3)C2)(c2ccccc2)CC1. The quantitative estimate of drug-likeness (QED) is 0.911. The van der Waals surface area contributed by atoms with Crippen molar-refractivity contribution >= 4 is 5.91 Å². The number of carbonyl (C=O) groups excluding carboxylic acids is 1. The fourth-order valence-corrected chi connectivity index (χ4v) is 4.64. The molecule has 2 aliphatic heterocycles. The largest absolute Gasteiger partial charge is 0.383 e. The second kappa shape index (κ2) is 7.10. The Labute approximate surface area is 161 Å². The summed E-state index contributed by atoms with van der Waals surface area (Å²) in [5, 5.41) is 11.2. The zero-order chi connectivity index (χ0) is 18.9. The highest BCUT2D eigenvalue weighted by Gasteiger charge is 2.48. The van der Waals surface area contributed by atoms with E-state index >= 15 is 0 Å². The molecule has 1 N–H and O–H groups in total. The number of piperidine rings is 1. The van der Waals surface area contributed by atoms with E-state index in [9.17, 15) is 9.90 Å². The van der Waals surface area contributed by atoms with Gasteiger partial charge in [0.2, 0.25) is 5.91 Å². The summed E-state index contributed by atoms with van der Waals surface area (Å²) in [6.07, 6.45) is 2.24. The molecular formula is C23H28N2O2. The van der Waals surface area contributed by atoms with Crippen LogP contribution >= 0.6 is 0 Å². The average molecular weight is 364 g/mol. The number of benzene rings is 2. The lowest BCUT2D eigenvalue weighted by Crippen LogP contribution is -2.52. The van der Waals surface area contributed by atoms with E-state index < -0.39 is 11.0 Å². The zero-order valence-electron chi connectivity index (χ0n) is 16.0. The maximum absolute atomic E-state index is 13.7. The van der Waals surface area contributed by atoms with Crippen LogP contribution in [0.25, 0.3) is 0 Å². The number of rotatable bonds is 3. The molecule has 2 fully saturated rings. The van der Waals surface area contributed by atoms with E-state index in [1.807, 2.05) is 53.4 Å². The van der Waals surface area contributed by atoms with Crippen molar-refractivity contribution in [2.45, 2.75) is 30.3 Å². The molecule has 1 amide bonds. The summed E-state index contributed by atoms with van der Waals surface area (Å²) >= 11 is 0. The van der Waals surface area contributed by atoms with Crippen molar-refractivity contribution in [3.63, 3.8) is 0 Å². The summed E-state index contributed by atoms with van der Waals surface area (Å²) in [7, 11) is 2.11. The van der Waals surface area contributed by atoms with Gasteiger partial charge in [-0.15, -0.1) is 0 Å². The molecule has 2 heterocycles. The molecule has 4 nitrogen and oxygen atoms in total. The summed E-state index contributed by atoms with van der Waals surface area (Å²) in [6.45, 7) is 2.81. The van der Waals surface area contributed by atoms with E-state index in [1.54, 1.807) is 0 Å². The molecule has 1 atom stereocenters. The van der Waals surface area contributed by atoms with Gasteiger partial charge in [-0.05, 0) is 50.5 Å². The lowest BCUT2D eigenvalue weighted by molar-refractivity contribution is -0.139. The van der Waals surface area contributed by atoms with Crippen LogP contribution in [0, 0.1) is 0 Å². The lowest BCUT2D eigenvalue weighted by Gasteiger charge is -2.42. The van der Waals surface area contributed by atoms with Crippen molar-refractivity contribution in [1.82, 2.24) is 9.80 Å². The minimum absolute atomic E-state index is 0.175. The molecule has 0 bridgehead atoms. The van der Waals surface area contributed by atoms with Crippen LogP contribution in [0.5, 0.6) is 0 Å². The van der Waals surface area contributed by atoms with Crippen LogP contribution in [-0.2, 0) is 15.8 Å². The molecule has 0 unspecified atom stereocenters. The Morgan fingerprint density at radius 3 is 2.00 bits per heavy atom. The molecule has 0 aromatic heterocycles. The fraction of sp³-hybridized carbons (Fsp3) is 0.435. The van der Waals surface area contributed by atoms with Gasteiger partial charge in [-0.2, -0.15) is 0 Å². The van der Waals surface area contributed by atoms with Gasteiger partial charge in [-0.3, -0.25) is 4.79 Å². The fourth-order valence-electron chi connectivity index (χ4n) is 4.64. The highest BCUT2D eigenvalue weighted by molar-refractivity contribution is 5.89. The first-order valence-corrected chi connectivity index (χ1v) is 9.85. The van der Waals surface area contributed by atoms with Gasteiger partial charge < -0.3 is 14.9 Å².